The van der Waals surface area contributed by atoms with Gasteiger partial charge in [-0.3, -0.25) is 14.9 Å². The van der Waals surface area contributed by atoms with Gasteiger partial charge < -0.3 is 14.2 Å². The highest BCUT2D eigenvalue weighted by Gasteiger charge is 2.21. The summed E-state index contributed by atoms with van der Waals surface area (Å²) >= 11 is 7.02. The smallest absolute Gasteiger partial charge is 0.284 e. The SMILES string of the molecule is C[C@@H](Sc1nnc(-c2ccco2)o1)C(=O)Nc1ccc([N+](=O)[O-])cc1Cl. The van der Waals surface area contributed by atoms with Crippen LogP contribution >= 0.6 is 23.4 Å². The second kappa shape index (κ2) is 7.58. The molecule has 2 heterocycles. The molecule has 0 aliphatic rings. The highest BCUT2D eigenvalue weighted by atomic mass is 35.5. The van der Waals surface area contributed by atoms with Gasteiger partial charge in [0.05, 0.1) is 27.1 Å². The number of nitrogens with zero attached hydrogens (tertiary/aromatic N) is 3. The predicted octanol–water partition coefficient (Wildman–Crippen LogP) is 4.01. The lowest BCUT2D eigenvalue weighted by atomic mass is 10.2. The fourth-order valence-corrected chi connectivity index (χ4v) is 2.82. The molecule has 1 aromatic carbocycles. The fourth-order valence-electron chi connectivity index (χ4n) is 1.92. The Kier molecular flexibility index (Phi) is 5.24. The van der Waals surface area contributed by atoms with E-state index in [1.165, 1.54) is 24.5 Å². The van der Waals surface area contributed by atoms with Crippen molar-refractivity contribution in [2.75, 3.05) is 5.32 Å². The van der Waals surface area contributed by atoms with Crippen LogP contribution < -0.4 is 5.32 Å². The van der Waals surface area contributed by atoms with Gasteiger partial charge in [-0.15, -0.1) is 10.2 Å². The predicted molar refractivity (Wildman–Crippen MR) is 94.1 cm³/mol. The number of nitrogens with one attached hydrogen (secondary N) is 1. The zero-order valence-corrected chi connectivity index (χ0v) is 14.8. The Morgan fingerprint density at radius 1 is 1.38 bits per heavy atom. The van der Waals surface area contributed by atoms with Gasteiger partial charge in [-0.05, 0) is 25.1 Å². The van der Waals surface area contributed by atoms with Gasteiger partial charge in [0, 0.05) is 12.1 Å². The summed E-state index contributed by atoms with van der Waals surface area (Å²) in [6.45, 7) is 1.65. The molecule has 1 amide bonds. The van der Waals surface area contributed by atoms with Crippen molar-refractivity contribution >= 4 is 40.6 Å². The zero-order chi connectivity index (χ0) is 18.7. The summed E-state index contributed by atoms with van der Waals surface area (Å²) in [5.74, 6) is 0.270. The molecule has 0 bridgehead atoms. The molecular formula is C15H11ClN4O5S. The van der Waals surface area contributed by atoms with Crippen molar-refractivity contribution in [2.45, 2.75) is 17.4 Å². The highest BCUT2D eigenvalue weighted by Crippen LogP contribution is 2.29. The third-order valence-corrected chi connectivity index (χ3v) is 4.45. The Hall–Kier alpha value is -2.85. The Balaban J connectivity index is 1.64. The van der Waals surface area contributed by atoms with E-state index in [1.807, 2.05) is 0 Å². The van der Waals surface area contributed by atoms with Crippen LogP contribution in [0.25, 0.3) is 11.7 Å². The van der Waals surface area contributed by atoms with Crippen molar-refractivity contribution in [3.05, 3.63) is 51.7 Å². The van der Waals surface area contributed by atoms with Gasteiger partial charge in [0.25, 0.3) is 16.8 Å². The lowest BCUT2D eigenvalue weighted by Gasteiger charge is -2.11. The number of thioether (sulfide) groups is 1. The van der Waals surface area contributed by atoms with Crippen LogP contribution in [0.15, 0.2) is 50.7 Å². The molecule has 0 saturated heterocycles. The molecule has 9 nitrogen and oxygen atoms in total. The average Bonchev–Trinajstić information content (AvgIpc) is 3.27. The number of amides is 1. The zero-order valence-electron chi connectivity index (χ0n) is 13.2. The number of carbonyl (C=O) groups is 1. The monoisotopic (exact) mass is 394 g/mol. The molecule has 0 fully saturated rings. The highest BCUT2D eigenvalue weighted by molar-refractivity contribution is 8.00. The molecule has 1 N–H and O–H groups in total. The van der Waals surface area contributed by atoms with E-state index < -0.39 is 10.2 Å². The molecule has 0 saturated carbocycles. The van der Waals surface area contributed by atoms with Crippen molar-refractivity contribution in [1.29, 1.82) is 0 Å². The molecule has 0 radical (unpaired) electrons. The lowest BCUT2D eigenvalue weighted by molar-refractivity contribution is -0.384. The molecule has 0 spiro atoms. The number of halogens is 1. The summed E-state index contributed by atoms with van der Waals surface area (Å²) in [5, 5.41) is 20.7. The van der Waals surface area contributed by atoms with Crippen molar-refractivity contribution in [2.24, 2.45) is 0 Å². The molecule has 0 aliphatic carbocycles. The number of aromatic nitrogens is 2. The Morgan fingerprint density at radius 3 is 2.85 bits per heavy atom. The first-order valence-corrected chi connectivity index (χ1v) is 8.48. The quantitative estimate of drug-likeness (QED) is 0.377. The van der Waals surface area contributed by atoms with Gasteiger partial charge in [-0.25, -0.2) is 0 Å². The summed E-state index contributed by atoms with van der Waals surface area (Å²) in [5.41, 5.74) is 0.114. The van der Waals surface area contributed by atoms with Crippen LogP contribution in [-0.4, -0.2) is 26.3 Å². The second-order valence-corrected chi connectivity index (χ2v) is 6.72. The minimum Gasteiger partial charge on any atom is -0.459 e. The normalized spacial score (nSPS) is 11.9. The number of nitro groups is 1. The number of hydrogen-bond donors (Lipinski definition) is 1. The van der Waals surface area contributed by atoms with E-state index in [9.17, 15) is 14.9 Å². The van der Waals surface area contributed by atoms with Gasteiger partial charge >= 0.3 is 0 Å². The number of nitro benzene ring substituents is 1. The van der Waals surface area contributed by atoms with Crippen LogP contribution in [0.4, 0.5) is 11.4 Å². The van der Waals surface area contributed by atoms with Crippen molar-refractivity contribution in [3.8, 4) is 11.7 Å². The van der Waals surface area contributed by atoms with E-state index in [1.54, 1.807) is 19.1 Å². The number of non-ortho nitro benzene ring substituents is 1. The van der Waals surface area contributed by atoms with E-state index in [0.717, 1.165) is 11.8 Å². The number of carbonyl (C=O) groups excluding carboxylic acids is 1. The van der Waals surface area contributed by atoms with Crippen molar-refractivity contribution in [1.82, 2.24) is 10.2 Å². The third-order valence-electron chi connectivity index (χ3n) is 3.21. The largest absolute Gasteiger partial charge is 0.459 e. The van der Waals surface area contributed by atoms with E-state index >= 15 is 0 Å². The standard InChI is InChI=1S/C15H11ClN4O5S/c1-8(26-15-19-18-14(25-15)12-3-2-6-24-12)13(21)17-11-5-4-9(20(22)23)7-10(11)16/h2-8H,1H3,(H,17,21)/t8-/m1/s1. The maximum Gasteiger partial charge on any atom is 0.284 e. The number of furan rings is 1. The summed E-state index contributed by atoms with van der Waals surface area (Å²) in [7, 11) is 0. The van der Waals surface area contributed by atoms with Crippen molar-refractivity contribution in [3.63, 3.8) is 0 Å². The molecule has 0 aliphatic heterocycles. The molecule has 2 aromatic heterocycles. The molecule has 3 rings (SSSR count). The molecule has 1 atom stereocenters. The van der Waals surface area contributed by atoms with Crippen LogP contribution in [0.3, 0.4) is 0 Å². The Bertz CT molecular complexity index is 943. The van der Waals surface area contributed by atoms with E-state index in [2.05, 4.69) is 15.5 Å². The van der Waals surface area contributed by atoms with Gasteiger partial charge in [0.2, 0.25) is 5.91 Å². The third kappa shape index (κ3) is 4.03. The number of rotatable bonds is 6. The van der Waals surface area contributed by atoms with Crippen LogP contribution in [-0.2, 0) is 4.79 Å². The molecule has 3 aromatic rings. The van der Waals surface area contributed by atoms with Crippen LogP contribution in [0, 0.1) is 10.1 Å². The minimum absolute atomic E-state index is 0.0719. The topological polar surface area (TPSA) is 124 Å². The summed E-state index contributed by atoms with van der Waals surface area (Å²) in [6.07, 6.45) is 1.48. The van der Waals surface area contributed by atoms with Crippen LogP contribution in [0.5, 0.6) is 0 Å². The summed E-state index contributed by atoms with van der Waals surface area (Å²) in [6, 6.07) is 7.16. The molecule has 26 heavy (non-hydrogen) atoms. The number of anilines is 1. The first-order chi connectivity index (χ1) is 12.4. The Labute approximate surface area is 155 Å². The average molecular weight is 395 g/mol. The summed E-state index contributed by atoms with van der Waals surface area (Å²) in [4.78, 5) is 22.4. The number of benzene rings is 1. The van der Waals surface area contributed by atoms with Crippen LogP contribution in [0.2, 0.25) is 5.02 Å². The molecule has 11 heteroatoms. The van der Waals surface area contributed by atoms with E-state index in [4.69, 9.17) is 20.4 Å². The lowest BCUT2D eigenvalue weighted by Crippen LogP contribution is -2.22. The van der Waals surface area contributed by atoms with Crippen LogP contribution in [0.1, 0.15) is 6.92 Å². The van der Waals surface area contributed by atoms with E-state index in [0.29, 0.717) is 5.76 Å². The van der Waals surface area contributed by atoms with Gasteiger partial charge in [0.1, 0.15) is 0 Å². The maximum atomic E-state index is 12.3. The fraction of sp³-hybridized carbons (Fsp3) is 0.133. The molecule has 134 valence electrons. The van der Waals surface area contributed by atoms with Gasteiger partial charge in [0.15, 0.2) is 5.76 Å². The van der Waals surface area contributed by atoms with Crippen molar-refractivity contribution < 1.29 is 18.6 Å². The minimum atomic E-state index is -0.578. The first-order valence-electron chi connectivity index (χ1n) is 7.23. The van der Waals surface area contributed by atoms with E-state index in [-0.39, 0.29) is 33.4 Å². The first kappa shape index (κ1) is 18.0. The molecular weight excluding hydrogens is 384 g/mol. The van der Waals surface area contributed by atoms with Gasteiger partial charge in [-0.2, -0.15) is 0 Å². The number of hydrogen-bond acceptors (Lipinski definition) is 8. The second-order valence-electron chi connectivity index (χ2n) is 5.02. The summed E-state index contributed by atoms with van der Waals surface area (Å²) < 4.78 is 10.6. The molecule has 0 unspecified atom stereocenters. The maximum absolute atomic E-state index is 12.3. The Morgan fingerprint density at radius 2 is 2.19 bits per heavy atom. The van der Waals surface area contributed by atoms with Gasteiger partial charge in [-0.1, -0.05) is 23.4 Å².